The summed E-state index contributed by atoms with van der Waals surface area (Å²) >= 11 is 0. The molecule has 0 atom stereocenters. The van der Waals surface area contributed by atoms with Gasteiger partial charge in [0, 0.05) is 38.1 Å². The van der Waals surface area contributed by atoms with Crippen LogP contribution in [-0.2, 0) is 31.8 Å². The number of anilines is 1. The molecule has 160 valence electrons. The van der Waals surface area contributed by atoms with Crippen molar-refractivity contribution in [2.24, 2.45) is 7.05 Å². The second kappa shape index (κ2) is 7.04. The molecule has 8 nitrogen and oxygen atoms in total. The SMILES string of the molecule is CN(Cc1c2c(nn1C)CCCC2)C1CN(c2ccc3nnc(C(C)(C)C)n3n2)C1. The Morgan fingerprint density at radius 2 is 1.83 bits per heavy atom. The van der Waals surface area contributed by atoms with Crippen molar-refractivity contribution in [1.82, 2.24) is 34.5 Å². The highest BCUT2D eigenvalue weighted by Gasteiger charge is 2.33. The highest BCUT2D eigenvalue weighted by atomic mass is 15.4. The zero-order valence-corrected chi connectivity index (χ0v) is 18.8. The number of aromatic nitrogens is 6. The maximum Gasteiger partial charge on any atom is 0.178 e. The molecule has 0 N–H and O–H groups in total. The molecule has 2 aliphatic rings. The first-order valence-corrected chi connectivity index (χ1v) is 11.0. The number of hydrogen-bond acceptors (Lipinski definition) is 6. The van der Waals surface area contributed by atoms with Crippen LogP contribution in [0.5, 0.6) is 0 Å². The van der Waals surface area contributed by atoms with E-state index in [1.807, 2.05) is 10.6 Å². The van der Waals surface area contributed by atoms with E-state index in [0.29, 0.717) is 6.04 Å². The first-order valence-electron chi connectivity index (χ1n) is 11.0. The molecule has 8 heteroatoms. The van der Waals surface area contributed by atoms with Crippen LogP contribution in [0.25, 0.3) is 5.65 Å². The van der Waals surface area contributed by atoms with E-state index in [1.54, 1.807) is 0 Å². The van der Waals surface area contributed by atoms with Crippen LogP contribution in [0.15, 0.2) is 12.1 Å². The fraction of sp³-hybridized carbons (Fsp3) is 0.636. The monoisotopic (exact) mass is 408 g/mol. The lowest BCUT2D eigenvalue weighted by atomic mass is 9.95. The Bertz CT molecular complexity index is 1070. The lowest BCUT2D eigenvalue weighted by Crippen LogP contribution is -2.58. The van der Waals surface area contributed by atoms with Crippen LogP contribution in [0.3, 0.4) is 0 Å². The van der Waals surface area contributed by atoms with Crippen LogP contribution < -0.4 is 4.90 Å². The maximum atomic E-state index is 4.85. The molecule has 0 radical (unpaired) electrons. The molecule has 1 fully saturated rings. The molecule has 1 aliphatic heterocycles. The topological polar surface area (TPSA) is 67.4 Å². The Morgan fingerprint density at radius 3 is 2.60 bits per heavy atom. The van der Waals surface area contributed by atoms with Crippen molar-refractivity contribution in [3.63, 3.8) is 0 Å². The van der Waals surface area contributed by atoms with E-state index in [9.17, 15) is 0 Å². The van der Waals surface area contributed by atoms with Gasteiger partial charge in [-0.15, -0.1) is 15.3 Å². The Labute approximate surface area is 177 Å². The van der Waals surface area contributed by atoms with Gasteiger partial charge in [0.05, 0.1) is 11.4 Å². The van der Waals surface area contributed by atoms with Crippen molar-refractivity contribution < 1.29 is 0 Å². The molecule has 0 saturated carbocycles. The summed E-state index contributed by atoms with van der Waals surface area (Å²) < 4.78 is 4.01. The van der Waals surface area contributed by atoms with Crippen LogP contribution >= 0.6 is 0 Å². The van der Waals surface area contributed by atoms with Gasteiger partial charge in [-0.2, -0.15) is 9.61 Å². The molecule has 30 heavy (non-hydrogen) atoms. The summed E-state index contributed by atoms with van der Waals surface area (Å²) in [6, 6.07) is 4.60. The zero-order chi connectivity index (χ0) is 21.0. The van der Waals surface area contributed by atoms with E-state index in [1.165, 1.54) is 36.2 Å². The van der Waals surface area contributed by atoms with E-state index in [4.69, 9.17) is 10.2 Å². The molecule has 1 aliphatic carbocycles. The van der Waals surface area contributed by atoms with Gasteiger partial charge in [0.25, 0.3) is 0 Å². The van der Waals surface area contributed by atoms with Crippen LogP contribution in [0.2, 0.25) is 0 Å². The summed E-state index contributed by atoms with van der Waals surface area (Å²) in [6.07, 6.45) is 4.89. The Kier molecular flexibility index (Phi) is 4.57. The number of nitrogens with zero attached hydrogens (tertiary/aromatic N) is 8. The van der Waals surface area contributed by atoms with Gasteiger partial charge >= 0.3 is 0 Å². The van der Waals surface area contributed by atoms with E-state index < -0.39 is 0 Å². The summed E-state index contributed by atoms with van der Waals surface area (Å²) in [5, 5.41) is 18.3. The van der Waals surface area contributed by atoms with Crippen molar-refractivity contribution in [2.45, 2.75) is 64.5 Å². The Morgan fingerprint density at radius 1 is 1.07 bits per heavy atom. The average molecular weight is 409 g/mol. The fourth-order valence-electron chi connectivity index (χ4n) is 4.65. The molecule has 0 unspecified atom stereocenters. The van der Waals surface area contributed by atoms with Gasteiger partial charge in [0.15, 0.2) is 11.5 Å². The predicted molar refractivity (Wildman–Crippen MR) is 117 cm³/mol. The highest BCUT2D eigenvalue weighted by Crippen LogP contribution is 2.28. The molecule has 0 bridgehead atoms. The van der Waals surface area contributed by atoms with Crippen molar-refractivity contribution in [3.8, 4) is 0 Å². The summed E-state index contributed by atoms with van der Waals surface area (Å²) in [4.78, 5) is 4.81. The standard InChI is InChI=1S/C22H32N8/c1-22(2,3)21-24-23-19-10-11-20(26-30(19)21)29-12-15(13-29)27(4)14-18-16-8-6-7-9-17(16)25-28(18)5/h10-11,15H,6-9,12-14H2,1-5H3. The summed E-state index contributed by atoms with van der Waals surface area (Å²) in [6.45, 7) is 9.37. The van der Waals surface area contributed by atoms with Crippen molar-refractivity contribution in [2.75, 3.05) is 25.0 Å². The van der Waals surface area contributed by atoms with Crippen LogP contribution in [0.4, 0.5) is 5.82 Å². The van der Waals surface area contributed by atoms with Crippen LogP contribution in [-0.4, -0.2) is 60.7 Å². The first-order chi connectivity index (χ1) is 14.3. The first kappa shape index (κ1) is 19.5. The molecular formula is C22H32N8. The third-order valence-electron chi connectivity index (χ3n) is 6.58. The zero-order valence-electron chi connectivity index (χ0n) is 18.8. The smallest absolute Gasteiger partial charge is 0.178 e. The van der Waals surface area contributed by atoms with Gasteiger partial charge in [-0.25, -0.2) is 0 Å². The third-order valence-corrected chi connectivity index (χ3v) is 6.58. The minimum atomic E-state index is -0.0923. The van der Waals surface area contributed by atoms with Gasteiger partial charge < -0.3 is 4.90 Å². The van der Waals surface area contributed by atoms with Gasteiger partial charge in [-0.1, -0.05) is 20.8 Å². The normalized spacial score (nSPS) is 17.6. The van der Waals surface area contributed by atoms with E-state index in [0.717, 1.165) is 43.3 Å². The van der Waals surface area contributed by atoms with Gasteiger partial charge in [0.1, 0.15) is 5.82 Å². The number of likely N-dealkylation sites (N-methyl/N-ethyl adjacent to an activating group) is 1. The molecule has 4 heterocycles. The highest BCUT2D eigenvalue weighted by molar-refractivity contribution is 5.48. The second-order valence-corrected chi connectivity index (χ2v) is 9.91. The molecule has 3 aromatic rings. The molecule has 0 aromatic carbocycles. The number of fused-ring (bicyclic) bond motifs is 2. The Balaban J connectivity index is 1.28. The van der Waals surface area contributed by atoms with Crippen molar-refractivity contribution in [3.05, 3.63) is 34.9 Å². The Hall–Kier alpha value is -2.48. The largest absolute Gasteiger partial charge is 0.352 e. The van der Waals surface area contributed by atoms with Crippen molar-refractivity contribution in [1.29, 1.82) is 0 Å². The van der Waals surface area contributed by atoms with Crippen molar-refractivity contribution >= 4 is 11.5 Å². The van der Waals surface area contributed by atoms with Crippen LogP contribution in [0.1, 0.15) is 56.4 Å². The van der Waals surface area contributed by atoms with E-state index >= 15 is 0 Å². The lowest BCUT2D eigenvalue weighted by Gasteiger charge is -2.44. The van der Waals surface area contributed by atoms with Gasteiger partial charge in [-0.05, 0) is 50.4 Å². The fourth-order valence-corrected chi connectivity index (χ4v) is 4.65. The average Bonchev–Trinajstić information content (AvgIpc) is 3.21. The molecule has 5 rings (SSSR count). The molecule has 0 spiro atoms. The predicted octanol–water partition coefficient (Wildman–Crippen LogP) is 2.35. The quantitative estimate of drug-likeness (QED) is 0.660. The van der Waals surface area contributed by atoms with E-state index in [-0.39, 0.29) is 5.41 Å². The van der Waals surface area contributed by atoms with Crippen LogP contribution in [0, 0.1) is 0 Å². The second-order valence-electron chi connectivity index (χ2n) is 9.91. The lowest BCUT2D eigenvalue weighted by molar-refractivity contribution is 0.191. The van der Waals surface area contributed by atoms with Gasteiger partial charge in [0.2, 0.25) is 0 Å². The minimum Gasteiger partial charge on any atom is -0.352 e. The summed E-state index contributed by atoms with van der Waals surface area (Å²) in [5.41, 5.74) is 4.93. The molecular weight excluding hydrogens is 376 g/mol. The van der Waals surface area contributed by atoms with Gasteiger partial charge in [-0.3, -0.25) is 9.58 Å². The minimum absolute atomic E-state index is 0.0923. The number of hydrogen-bond donors (Lipinski definition) is 0. The molecule has 1 saturated heterocycles. The molecule has 3 aromatic heterocycles. The molecule has 0 amide bonds. The third kappa shape index (κ3) is 3.27. The van der Waals surface area contributed by atoms with E-state index in [2.05, 4.69) is 65.6 Å². The number of aryl methyl sites for hydroxylation is 2. The summed E-state index contributed by atoms with van der Waals surface area (Å²) in [5.74, 6) is 1.89. The summed E-state index contributed by atoms with van der Waals surface area (Å²) in [7, 11) is 4.33. The maximum absolute atomic E-state index is 4.85. The number of rotatable bonds is 4.